The maximum atomic E-state index is 10.1. The van der Waals surface area contributed by atoms with Gasteiger partial charge in [0, 0.05) is 12.1 Å². The largest absolute Gasteiger partial charge is 0.595 e. The van der Waals surface area contributed by atoms with Crippen LogP contribution in [0.1, 0.15) is 13.8 Å². The van der Waals surface area contributed by atoms with Gasteiger partial charge in [0.05, 0.1) is 25.9 Å². The molecule has 0 spiro atoms. The van der Waals surface area contributed by atoms with E-state index in [1.165, 1.54) is 6.92 Å². The minimum absolute atomic E-state index is 0.0644. The molecule has 0 saturated carbocycles. The van der Waals surface area contributed by atoms with E-state index in [0.717, 1.165) is 0 Å². The summed E-state index contributed by atoms with van der Waals surface area (Å²) in [5.74, 6) is -0.935. The lowest BCUT2D eigenvalue weighted by Crippen LogP contribution is -2.24. The Morgan fingerprint density at radius 1 is 1.45 bits per heavy atom. The zero-order chi connectivity index (χ0) is 18.1. The second kappa shape index (κ2) is 18.1. The summed E-state index contributed by atoms with van der Waals surface area (Å²) >= 11 is 0. The van der Waals surface area contributed by atoms with Crippen molar-refractivity contribution < 1.29 is 39.4 Å². The van der Waals surface area contributed by atoms with Gasteiger partial charge in [-0.1, -0.05) is 11.1 Å². The van der Waals surface area contributed by atoms with Crippen molar-refractivity contribution in [2.75, 3.05) is 32.5 Å². The minimum atomic E-state index is -2.57. The fourth-order valence-corrected chi connectivity index (χ4v) is 1.00. The highest BCUT2D eigenvalue weighted by molar-refractivity contribution is 7.36. The van der Waals surface area contributed by atoms with Gasteiger partial charge in [0.2, 0.25) is 0 Å². The molecular formula is C12H26NO8P. The zero-order valence-electron chi connectivity index (χ0n) is 12.8. The third-order valence-corrected chi connectivity index (χ3v) is 2.40. The summed E-state index contributed by atoms with van der Waals surface area (Å²) in [5, 5.41) is 33.1. The molecule has 22 heavy (non-hydrogen) atoms. The summed E-state index contributed by atoms with van der Waals surface area (Å²) in [6.07, 6.45) is -1.67. The van der Waals surface area contributed by atoms with Crippen LogP contribution in [-0.4, -0.2) is 71.1 Å². The number of aliphatic hydroxyl groups is 3. The Hall–Kier alpha value is -0.930. The van der Waals surface area contributed by atoms with Crippen LogP contribution in [0.3, 0.4) is 0 Å². The van der Waals surface area contributed by atoms with E-state index in [0.29, 0.717) is 6.54 Å². The number of hydrogen-bond acceptors (Lipinski definition) is 8. The first-order chi connectivity index (χ1) is 10.1. The molecule has 10 heteroatoms. The Morgan fingerprint density at radius 3 is 2.09 bits per heavy atom. The van der Waals surface area contributed by atoms with E-state index < -0.39 is 20.1 Å². The van der Waals surface area contributed by atoms with Gasteiger partial charge >= 0.3 is 14.0 Å². The third-order valence-electron chi connectivity index (χ3n) is 1.68. The first-order valence-corrected chi connectivity index (χ1v) is 7.70. The quantitative estimate of drug-likeness (QED) is 0.258. The standard InChI is InChI=1S/C6H13O5P.C4H6O2.C2H7NO/c1-5(2-7)11-3-6(8)4-12(9)10;1-3(2)4(5)6;3-1-2-4/h5-8H,2-4H2,1H3;1H2,2H3,(H,5,6);4H,1-3H2. The van der Waals surface area contributed by atoms with E-state index in [9.17, 15) is 14.3 Å². The summed E-state index contributed by atoms with van der Waals surface area (Å²) in [5.41, 5.74) is 4.95. The van der Waals surface area contributed by atoms with Crippen LogP contribution < -0.4 is 10.6 Å². The lowest BCUT2D eigenvalue weighted by Gasteiger charge is -2.11. The Morgan fingerprint density at radius 2 is 1.86 bits per heavy atom. The number of carboxylic acid groups (broad SMARTS) is 1. The molecule has 0 amide bonds. The van der Waals surface area contributed by atoms with Crippen LogP contribution in [0.15, 0.2) is 12.2 Å². The lowest BCUT2D eigenvalue weighted by molar-refractivity contribution is -0.165. The number of carboxylic acids is 1. The van der Waals surface area contributed by atoms with Crippen molar-refractivity contribution in [3.8, 4) is 0 Å². The molecule has 0 saturated heterocycles. The monoisotopic (exact) mass is 343 g/mol. The molecule has 0 aromatic carbocycles. The average molecular weight is 343 g/mol. The van der Waals surface area contributed by atoms with Crippen LogP contribution in [0.5, 0.6) is 0 Å². The molecule has 0 heterocycles. The number of hydrogen-bond donors (Lipinski definition) is 5. The Kier molecular flexibility index (Phi) is 21.4. The van der Waals surface area contributed by atoms with Gasteiger partial charge in [0.25, 0.3) is 0 Å². The predicted octanol–water partition coefficient (Wildman–Crippen LogP) is -1.57. The van der Waals surface area contributed by atoms with Crippen molar-refractivity contribution in [2.45, 2.75) is 26.1 Å². The van der Waals surface area contributed by atoms with Gasteiger partial charge in [-0.05, 0) is 13.8 Å². The number of nitrogens with two attached hydrogens (primary N) is 1. The molecule has 3 unspecified atom stereocenters. The van der Waals surface area contributed by atoms with Gasteiger partial charge in [0.1, 0.15) is 6.10 Å². The molecule has 0 aromatic rings. The normalized spacial score (nSPS) is 12.8. The highest BCUT2D eigenvalue weighted by Crippen LogP contribution is 2.09. The van der Waals surface area contributed by atoms with Crippen molar-refractivity contribution in [2.24, 2.45) is 5.73 Å². The molecule has 0 rings (SSSR count). The van der Waals surface area contributed by atoms with E-state index in [1.807, 2.05) is 0 Å². The third kappa shape index (κ3) is 27.4. The van der Waals surface area contributed by atoms with Crippen LogP contribution in [-0.2, 0) is 14.1 Å². The van der Waals surface area contributed by atoms with E-state index in [4.69, 9.17) is 30.9 Å². The SMILES string of the molecule is C=C(C)C(=O)O.CC(CO)OCC(O)C[P+](=O)[O-].NCCO. The number of aliphatic carboxylic acids is 1. The molecule has 3 atom stereocenters. The smallest absolute Gasteiger partial charge is 0.330 e. The van der Waals surface area contributed by atoms with Gasteiger partial charge in [-0.25, -0.2) is 4.79 Å². The summed E-state index contributed by atoms with van der Waals surface area (Å²) in [6.45, 7) is 6.50. The Bertz CT molecular complexity index is 300. The van der Waals surface area contributed by atoms with E-state index >= 15 is 0 Å². The molecule has 0 aromatic heterocycles. The van der Waals surface area contributed by atoms with Crippen molar-refractivity contribution in [3.05, 3.63) is 12.2 Å². The Labute approximate surface area is 130 Å². The molecule has 0 aliphatic carbocycles. The van der Waals surface area contributed by atoms with Gasteiger partial charge in [0.15, 0.2) is 6.16 Å². The van der Waals surface area contributed by atoms with Crippen LogP contribution in [0, 0.1) is 0 Å². The maximum Gasteiger partial charge on any atom is 0.330 e. The first kappa shape index (κ1) is 26.0. The summed E-state index contributed by atoms with van der Waals surface area (Å²) in [6, 6.07) is 0. The average Bonchev–Trinajstić information content (AvgIpc) is 2.44. The molecular weight excluding hydrogens is 317 g/mol. The van der Waals surface area contributed by atoms with Gasteiger partial charge in [-0.3, -0.25) is 0 Å². The van der Waals surface area contributed by atoms with Crippen molar-refractivity contribution in [1.82, 2.24) is 0 Å². The number of aliphatic hydroxyl groups excluding tert-OH is 3. The molecule has 9 nitrogen and oxygen atoms in total. The molecule has 0 aliphatic heterocycles. The molecule has 0 aliphatic rings. The van der Waals surface area contributed by atoms with Crippen molar-refractivity contribution in [3.63, 3.8) is 0 Å². The minimum Gasteiger partial charge on any atom is -0.595 e. The fourth-order valence-electron chi connectivity index (χ4n) is 0.553. The zero-order valence-corrected chi connectivity index (χ0v) is 13.7. The second-order valence-electron chi connectivity index (χ2n) is 4.09. The van der Waals surface area contributed by atoms with Crippen LogP contribution in [0.2, 0.25) is 0 Å². The number of ether oxygens (including phenoxy) is 1. The van der Waals surface area contributed by atoms with Gasteiger partial charge < -0.3 is 35.8 Å². The molecule has 6 N–H and O–H groups in total. The second-order valence-corrected chi connectivity index (χ2v) is 5.12. The van der Waals surface area contributed by atoms with Crippen LogP contribution >= 0.6 is 8.03 Å². The summed E-state index contributed by atoms with van der Waals surface area (Å²) in [4.78, 5) is 19.7. The molecule has 0 fully saturated rings. The van der Waals surface area contributed by atoms with E-state index in [1.54, 1.807) is 6.92 Å². The van der Waals surface area contributed by atoms with Crippen LogP contribution in [0.4, 0.5) is 0 Å². The lowest BCUT2D eigenvalue weighted by atomic mass is 10.4. The highest BCUT2D eigenvalue weighted by atomic mass is 31.1. The number of carbonyl (C=O) groups is 1. The number of rotatable bonds is 8. The highest BCUT2D eigenvalue weighted by Gasteiger charge is 2.13. The van der Waals surface area contributed by atoms with Gasteiger partial charge in [-0.15, -0.1) is 0 Å². The summed E-state index contributed by atoms with van der Waals surface area (Å²) < 4.78 is 15.0. The summed E-state index contributed by atoms with van der Waals surface area (Å²) in [7, 11) is -2.57. The van der Waals surface area contributed by atoms with Crippen molar-refractivity contribution in [1.29, 1.82) is 0 Å². The molecule has 132 valence electrons. The predicted molar refractivity (Wildman–Crippen MR) is 79.6 cm³/mol. The van der Waals surface area contributed by atoms with Crippen LogP contribution in [0.25, 0.3) is 0 Å². The molecule has 0 bridgehead atoms. The van der Waals surface area contributed by atoms with E-state index in [-0.39, 0.29) is 37.7 Å². The topological polar surface area (TPSA) is 173 Å². The van der Waals surface area contributed by atoms with Crippen molar-refractivity contribution >= 4 is 14.0 Å². The maximum absolute atomic E-state index is 10.1. The fraction of sp³-hybridized carbons (Fsp3) is 0.750. The Balaban J connectivity index is -0.000000300. The van der Waals surface area contributed by atoms with Gasteiger partial charge in [-0.2, -0.15) is 0 Å². The first-order valence-electron chi connectivity index (χ1n) is 6.34. The molecule has 0 radical (unpaired) electrons. The van der Waals surface area contributed by atoms with E-state index in [2.05, 4.69) is 6.58 Å².